The Balaban J connectivity index is 2.50. The summed E-state index contributed by atoms with van der Waals surface area (Å²) in [5.41, 5.74) is 0.530. The van der Waals surface area contributed by atoms with Gasteiger partial charge in [-0.2, -0.15) is 4.98 Å². The van der Waals surface area contributed by atoms with E-state index in [-0.39, 0.29) is 11.3 Å². The zero-order chi connectivity index (χ0) is 11.7. The molecule has 1 aromatic heterocycles. The maximum atomic E-state index is 6.01. The summed E-state index contributed by atoms with van der Waals surface area (Å²) in [7, 11) is 0. The van der Waals surface area contributed by atoms with Crippen molar-refractivity contribution in [3.63, 3.8) is 0 Å². The minimum absolute atomic E-state index is 0.276. The third-order valence-corrected chi connectivity index (χ3v) is 2.80. The average Bonchev–Trinajstić information content (AvgIpc) is 2.66. The van der Waals surface area contributed by atoms with E-state index in [0.717, 1.165) is 0 Å². The molecule has 0 amide bonds. The molecule has 1 aromatic carbocycles. The largest absolute Gasteiger partial charge is 0.334 e. The first-order chi connectivity index (χ1) is 7.59. The Morgan fingerprint density at radius 1 is 1.25 bits per heavy atom. The Labute approximate surface area is 107 Å². The van der Waals surface area contributed by atoms with Crippen LogP contribution in [0.15, 0.2) is 22.7 Å². The lowest BCUT2D eigenvalue weighted by molar-refractivity contribution is 0.422. The SMILES string of the molecule is CC(Cl)c1noc(-c2c(Cl)cccc2Cl)n1. The summed E-state index contributed by atoms with van der Waals surface area (Å²) in [5, 5.41) is 4.34. The fourth-order valence-corrected chi connectivity index (χ4v) is 1.85. The Hall–Kier alpha value is -0.770. The smallest absolute Gasteiger partial charge is 0.261 e. The zero-order valence-electron chi connectivity index (χ0n) is 8.25. The van der Waals surface area contributed by atoms with Gasteiger partial charge in [0, 0.05) is 0 Å². The molecular formula is C10H7Cl3N2O. The molecule has 0 spiro atoms. The molecule has 16 heavy (non-hydrogen) atoms. The van der Waals surface area contributed by atoms with E-state index in [2.05, 4.69) is 10.1 Å². The van der Waals surface area contributed by atoms with E-state index in [4.69, 9.17) is 39.3 Å². The van der Waals surface area contributed by atoms with Crippen LogP contribution in [-0.2, 0) is 0 Å². The molecule has 0 aliphatic rings. The van der Waals surface area contributed by atoms with Gasteiger partial charge in [-0.25, -0.2) is 0 Å². The molecule has 0 aliphatic carbocycles. The zero-order valence-corrected chi connectivity index (χ0v) is 10.5. The topological polar surface area (TPSA) is 38.9 Å². The Bertz CT molecular complexity index is 490. The molecule has 2 rings (SSSR count). The van der Waals surface area contributed by atoms with Crippen LogP contribution >= 0.6 is 34.8 Å². The molecule has 84 valence electrons. The van der Waals surface area contributed by atoms with Crippen molar-refractivity contribution >= 4 is 34.8 Å². The van der Waals surface area contributed by atoms with Crippen LogP contribution in [0.2, 0.25) is 10.0 Å². The summed E-state index contributed by atoms with van der Waals surface area (Å²) in [5.74, 6) is 0.686. The number of nitrogens with zero attached hydrogens (tertiary/aromatic N) is 2. The summed E-state index contributed by atoms with van der Waals surface area (Å²) in [4.78, 5) is 4.12. The van der Waals surface area contributed by atoms with Gasteiger partial charge >= 0.3 is 0 Å². The van der Waals surface area contributed by atoms with Crippen molar-refractivity contribution < 1.29 is 4.52 Å². The van der Waals surface area contributed by atoms with Crippen LogP contribution in [0, 0.1) is 0 Å². The van der Waals surface area contributed by atoms with Crippen LogP contribution in [0.3, 0.4) is 0 Å². The van der Waals surface area contributed by atoms with Gasteiger partial charge in [0.05, 0.1) is 21.0 Å². The number of aromatic nitrogens is 2. The highest BCUT2D eigenvalue weighted by Gasteiger charge is 2.17. The fourth-order valence-electron chi connectivity index (χ4n) is 1.20. The molecule has 0 aliphatic heterocycles. The van der Waals surface area contributed by atoms with E-state index >= 15 is 0 Å². The number of alkyl halides is 1. The summed E-state index contributed by atoms with van der Waals surface area (Å²) < 4.78 is 5.06. The van der Waals surface area contributed by atoms with Gasteiger partial charge in [-0.1, -0.05) is 34.4 Å². The molecule has 0 radical (unpaired) electrons. The van der Waals surface area contributed by atoms with Crippen LogP contribution in [0.5, 0.6) is 0 Å². The number of rotatable bonds is 2. The Morgan fingerprint density at radius 3 is 2.38 bits per heavy atom. The predicted octanol–water partition coefficient (Wildman–Crippen LogP) is 4.34. The summed E-state index contributed by atoms with van der Waals surface area (Å²) >= 11 is 17.8. The highest BCUT2D eigenvalue weighted by atomic mass is 35.5. The Morgan fingerprint density at radius 2 is 1.88 bits per heavy atom. The van der Waals surface area contributed by atoms with Crippen LogP contribution in [0.4, 0.5) is 0 Å². The molecule has 1 heterocycles. The fraction of sp³-hybridized carbons (Fsp3) is 0.200. The van der Waals surface area contributed by atoms with Crippen molar-refractivity contribution in [1.29, 1.82) is 0 Å². The van der Waals surface area contributed by atoms with E-state index < -0.39 is 0 Å². The second-order valence-electron chi connectivity index (χ2n) is 3.17. The van der Waals surface area contributed by atoms with E-state index in [9.17, 15) is 0 Å². The average molecular weight is 278 g/mol. The van der Waals surface area contributed by atoms with Gasteiger partial charge in [-0.05, 0) is 19.1 Å². The minimum Gasteiger partial charge on any atom is -0.334 e. The van der Waals surface area contributed by atoms with Crippen LogP contribution in [-0.4, -0.2) is 10.1 Å². The Kier molecular flexibility index (Phi) is 3.38. The van der Waals surface area contributed by atoms with Crippen molar-refractivity contribution in [2.75, 3.05) is 0 Å². The first-order valence-electron chi connectivity index (χ1n) is 4.51. The van der Waals surface area contributed by atoms with Gasteiger partial charge in [0.15, 0.2) is 5.82 Å². The monoisotopic (exact) mass is 276 g/mol. The lowest BCUT2D eigenvalue weighted by atomic mass is 10.2. The molecule has 0 fully saturated rings. The van der Waals surface area contributed by atoms with Crippen LogP contribution in [0.1, 0.15) is 18.1 Å². The third kappa shape index (κ3) is 2.17. The third-order valence-electron chi connectivity index (χ3n) is 1.97. The second-order valence-corrected chi connectivity index (χ2v) is 4.64. The molecule has 1 atom stereocenters. The summed E-state index contributed by atoms with van der Waals surface area (Å²) in [6, 6.07) is 5.16. The van der Waals surface area contributed by atoms with Crippen molar-refractivity contribution in [2.45, 2.75) is 12.3 Å². The highest BCUT2D eigenvalue weighted by Crippen LogP contribution is 2.34. The van der Waals surface area contributed by atoms with Gasteiger partial charge in [0.1, 0.15) is 0 Å². The molecular weight excluding hydrogens is 270 g/mol. The molecule has 1 unspecified atom stereocenters. The van der Waals surface area contributed by atoms with Gasteiger partial charge in [0.25, 0.3) is 5.89 Å². The van der Waals surface area contributed by atoms with Crippen molar-refractivity contribution in [3.05, 3.63) is 34.1 Å². The minimum atomic E-state index is -0.321. The number of halogens is 3. The first kappa shape index (κ1) is 11.7. The summed E-state index contributed by atoms with van der Waals surface area (Å²) in [6.07, 6.45) is 0. The standard InChI is InChI=1S/C10H7Cl3N2O/c1-5(11)9-14-10(16-15-9)8-6(12)3-2-4-7(8)13/h2-5H,1H3. The van der Waals surface area contributed by atoms with Gasteiger partial charge in [-0.15, -0.1) is 11.6 Å². The quantitative estimate of drug-likeness (QED) is 0.766. The highest BCUT2D eigenvalue weighted by molar-refractivity contribution is 6.38. The number of benzene rings is 1. The molecule has 3 nitrogen and oxygen atoms in total. The van der Waals surface area contributed by atoms with E-state index in [1.165, 1.54) is 0 Å². The van der Waals surface area contributed by atoms with Crippen LogP contribution in [0.25, 0.3) is 11.5 Å². The first-order valence-corrected chi connectivity index (χ1v) is 5.71. The molecule has 6 heteroatoms. The number of hydrogen-bond acceptors (Lipinski definition) is 3. The van der Waals surface area contributed by atoms with E-state index in [0.29, 0.717) is 21.4 Å². The molecule has 0 N–H and O–H groups in total. The lowest BCUT2D eigenvalue weighted by Gasteiger charge is -2.00. The summed E-state index contributed by atoms with van der Waals surface area (Å²) in [6.45, 7) is 1.75. The normalized spacial score (nSPS) is 12.8. The maximum absolute atomic E-state index is 6.01. The number of hydrogen-bond donors (Lipinski definition) is 0. The maximum Gasteiger partial charge on any atom is 0.261 e. The second kappa shape index (κ2) is 4.62. The van der Waals surface area contributed by atoms with Crippen molar-refractivity contribution in [2.24, 2.45) is 0 Å². The van der Waals surface area contributed by atoms with Gasteiger partial charge < -0.3 is 4.52 Å². The van der Waals surface area contributed by atoms with Crippen LogP contribution < -0.4 is 0 Å². The molecule has 0 bridgehead atoms. The van der Waals surface area contributed by atoms with E-state index in [1.807, 2.05) is 0 Å². The van der Waals surface area contributed by atoms with Crippen molar-refractivity contribution in [3.8, 4) is 11.5 Å². The van der Waals surface area contributed by atoms with Crippen molar-refractivity contribution in [1.82, 2.24) is 10.1 Å². The van der Waals surface area contributed by atoms with Gasteiger partial charge in [0.2, 0.25) is 0 Å². The van der Waals surface area contributed by atoms with E-state index in [1.54, 1.807) is 25.1 Å². The molecule has 2 aromatic rings. The lowest BCUT2D eigenvalue weighted by Crippen LogP contribution is -1.87. The molecule has 0 saturated heterocycles. The molecule has 0 saturated carbocycles. The predicted molar refractivity (Wildman–Crippen MR) is 64.0 cm³/mol. The van der Waals surface area contributed by atoms with Gasteiger partial charge in [-0.3, -0.25) is 0 Å².